The molecule has 6 nitrogen and oxygen atoms in total. The van der Waals surface area contributed by atoms with Crippen LogP contribution in [0.5, 0.6) is 5.75 Å². The van der Waals surface area contributed by atoms with E-state index in [2.05, 4.69) is 28.8 Å². The van der Waals surface area contributed by atoms with E-state index < -0.39 is 0 Å². The third-order valence-electron chi connectivity index (χ3n) is 4.87. The third kappa shape index (κ3) is 5.58. The van der Waals surface area contributed by atoms with Crippen LogP contribution >= 0.6 is 0 Å². The van der Waals surface area contributed by atoms with E-state index >= 15 is 0 Å². The first-order valence-corrected chi connectivity index (χ1v) is 9.85. The van der Waals surface area contributed by atoms with Crippen molar-refractivity contribution in [3.8, 4) is 5.75 Å². The summed E-state index contributed by atoms with van der Waals surface area (Å²) in [7, 11) is 3.34. The second kappa shape index (κ2) is 9.89. The van der Waals surface area contributed by atoms with Gasteiger partial charge in [-0.05, 0) is 54.6 Å². The van der Waals surface area contributed by atoms with Crippen molar-refractivity contribution in [3.05, 3.63) is 72.3 Å². The van der Waals surface area contributed by atoms with E-state index in [1.54, 1.807) is 43.3 Å². The van der Waals surface area contributed by atoms with Gasteiger partial charge in [0.05, 0.1) is 26.2 Å². The Kier molecular flexibility index (Phi) is 7.03. The minimum atomic E-state index is -0.183. The fourth-order valence-corrected chi connectivity index (χ4v) is 3.41. The molecule has 2 amide bonds. The summed E-state index contributed by atoms with van der Waals surface area (Å²) in [6.07, 6.45) is 0. The molecule has 3 rings (SSSR count). The van der Waals surface area contributed by atoms with Gasteiger partial charge in [-0.2, -0.15) is 0 Å². The molecule has 3 aromatic carbocycles. The van der Waals surface area contributed by atoms with Gasteiger partial charge in [-0.25, -0.2) is 0 Å². The van der Waals surface area contributed by atoms with Gasteiger partial charge >= 0.3 is 0 Å². The average molecular weight is 405 g/mol. The van der Waals surface area contributed by atoms with Crippen LogP contribution < -0.4 is 15.4 Å². The van der Waals surface area contributed by atoms with Gasteiger partial charge in [0.2, 0.25) is 11.8 Å². The highest BCUT2D eigenvalue weighted by Gasteiger charge is 2.15. The smallest absolute Gasteiger partial charge is 0.238 e. The molecule has 1 atom stereocenters. The number of likely N-dealkylation sites (N-methyl/N-ethyl adjacent to an activating group) is 1. The summed E-state index contributed by atoms with van der Waals surface area (Å²) in [5.74, 6) is 0.412. The van der Waals surface area contributed by atoms with Gasteiger partial charge in [0, 0.05) is 5.69 Å². The minimum Gasteiger partial charge on any atom is -0.497 e. The number of amides is 2. The Bertz CT molecular complexity index is 1010. The molecule has 0 aliphatic carbocycles. The van der Waals surface area contributed by atoms with Crippen LogP contribution in [0.3, 0.4) is 0 Å². The van der Waals surface area contributed by atoms with Crippen LogP contribution in [-0.2, 0) is 9.59 Å². The largest absolute Gasteiger partial charge is 0.497 e. The lowest BCUT2D eigenvalue weighted by Crippen LogP contribution is -2.39. The summed E-state index contributed by atoms with van der Waals surface area (Å²) in [6, 6.07) is 21.2. The van der Waals surface area contributed by atoms with Gasteiger partial charge in [0.25, 0.3) is 0 Å². The summed E-state index contributed by atoms with van der Waals surface area (Å²) in [5.41, 5.74) is 1.75. The molecule has 156 valence electrons. The van der Waals surface area contributed by atoms with Crippen molar-refractivity contribution in [2.24, 2.45) is 0 Å². The average Bonchev–Trinajstić information content (AvgIpc) is 2.73. The van der Waals surface area contributed by atoms with Crippen molar-refractivity contribution in [2.75, 3.05) is 32.6 Å². The fourth-order valence-electron chi connectivity index (χ4n) is 3.41. The SMILES string of the molecule is COc1ccc(NC(=O)CN(C)CC(=O)NC(C)c2cccc3ccccc23)cc1. The zero-order valence-electron chi connectivity index (χ0n) is 17.5. The van der Waals surface area contributed by atoms with E-state index in [4.69, 9.17) is 4.74 Å². The van der Waals surface area contributed by atoms with Crippen LogP contribution in [0.2, 0.25) is 0 Å². The van der Waals surface area contributed by atoms with Crippen molar-refractivity contribution in [2.45, 2.75) is 13.0 Å². The van der Waals surface area contributed by atoms with Crippen molar-refractivity contribution in [1.82, 2.24) is 10.2 Å². The molecular formula is C24H27N3O3. The van der Waals surface area contributed by atoms with E-state index in [-0.39, 0.29) is 30.9 Å². The summed E-state index contributed by atoms with van der Waals surface area (Å²) in [6.45, 7) is 2.21. The fraction of sp³-hybridized carbons (Fsp3) is 0.250. The molecule has 0 radical (unpaired) electrons. The Hall–Kier alpha value is -3.38. The molecule has 0 heterocycles. The van der Waals surface area contributed by atoms with Gasteiger partial charge in [0.1, 0.15) is 5.75 Å². The normalized spacial score (nSPS) is 11.9. The Morgan fingerprint density at radius 3 is 2.33 bits per heavy atom. The van der Waals surface area contributed by atoms with E-state index in [1.165, 1.54) is 0 Å². The Balaban J connectivity index is 1.51. The predicted octanol–water partition coefficient (Wildman–Crippen LogP) is 3.60. The zero-order valence-corrected chi connectivity index (χ0v) is 17.5. The molecule has 2 N–H and O–H groups in total. The number of carbonyl (C=O) groups is 2. The summed E-state index contributed by atoms with van der Waals surface area (Å²) in [5, 5.41) is 8.11. The number of hydrogen-bond donors (Lipinski definition) is 2. The van der Waals surface area contributed by atoms with Crippen LogP contribution in [-0.4, -0.2) is 44.0 Å². The van der Waals surface area contributed by atoms with Crippen LogP contribution in [0.15, 0.2) is 66.7 Å². The number of carbonyl (C=O) groups excluding carboxylic acids is 2. The van der Waals surface area contributed by atoms with Crippen molar-refractivity contribution in [3.63, 3.8) is 0 Å². The highest BCUT2D eigenvalue weighted by atomic mass is 16.5. The number of ether oxygens (including phenoxy) is 1. The number of fused-ring (bicyclic) bond motifs is 1. The van der Waals surface area contributed by atoms with Gasteiger partial charge in [0.15, 0.2) is 0 Å². The standard InChI is InChI=1S/C24H27N3O3/c1-17(21-10-6-8-18-7-4-5-9-22(18)21)25-23(28)15-27(2)16-24(29)26-19-11-13-20(30-3)14-12-19/h4-14,17H,15-16H2,1-3H3,(H,25,28)(H,26,29). The Morgan fingerprint density at radius 2 is 1.60 bits per heavy atom. The van der Waals surface area contributed by atoms with E-state index in [1.807, 2.05) is 31.2 Å². The Morgan fingerprint density at radius 1 is 0.933 bits per heavy atom. The number of rotatable bonds is 8. The van der Waals surface area contributed by atoms with E-state index in [0.29, 0.717) is 5.69 Å². The molecule has 0 aromatic heterocycles. The number of benzene rings is 3. The van der Waals surface area contributed by atoms with Gasteiger partial charge in [-0.15, -0.1) is 0 Å². The summed E-state index contributed by atoms with van der Waals surface area (Å²) >= 11 is 0. The molecule has 0 saturated carbocycles. The zero-order chi connectivity index (χ0) is 21.5. The van der Waals surface area contributed by atoms with E-state index in [9.17, 15) is 9.59 Å². The minimum absolute atomic E-state index is 0.113. The lowest BCUT2D eigenvalue weighted by molar-refractivity contribution is -0.123. The number of nitrogens with one attached hydrogen (secondary N) is 2. The van der Waals surface area contributed by atoms with Crippen LogP contribution in [0, 0.1) is 0 Å². The quantitative estimate of drug-likeness (QED) is 0.601. The number of nitrogens with zero attached hydrogens (tertiary/aromatic N) is 1. The van der Waals surface area contributed by atoms with Gasteiger partial charge < -0.3 is 15.4 Å². The maximum absolute atomic E-state index is 12.5. The highest BCUT2D eigenvalue weighted by Crippen LogP contribution is 2.24. The molecule has 30 heavy (non-hydrogen) atoms. The van der Waals surface area contributed by atoms with Crippen molar-refractivity contribution in [1.29, 1.82) is 0 Å². The first-order valence-electron chi connectivity index (χ1n) is 9.85. The number of methoxy groups -OCH3 is 1. The molecule has 0 fully saturated rings. The molecule has 1 unspecified atom stereocenters. The van der Waals surface area contributed by atoms with Crippen molar-refractivity contribution < 1.29 is 14.3 Å². The third-order valence-corrected chi connectivity index (χ3v) is 4.87. The second-order valence-electron chi connectivity index (χ2n) is 7.31. The molecule has 3 aromatic rings. The number of hydrogen-bond acceptors (Lipinski definition) is 4. The lowest BCUT2D eigenvalue weighted by Gasteiger charge is -2.20. The Labute approximate surface area is 176 Å². The monoisotopic (exact) mass is 405 g/mol. The van der Waals surface area contributed by atoms with Gasteiger partial charge in [-0.3, -0.25) is 14.5 Å². The molecular weight excluding hydrogens is 378 g/mol. The first kappa shape index (κ1) is 21.3. The number of anilines is 1. The van der Waals surface area contributed by atoms with Crippen LogP contribution in [0.4, 0.5) is 5.69 Å². The molecule has 0 aliphatic heterocycles. The maximum Gasteiger partial charge on any atom is 0.238 e. The highest BCUT2D eigenvalue weighted by molar-refractivity contribution is 5.92. The molecule has 0 bridgehead atoms. The predicted molar refractivity (Wildman–Crippen MR) is 120 cm³/mol. The lowest BCUT2D eigenvalue weighted by atomic mass is 10.00. The molecule has 0 aliphatic rings. The van der Waals surface area contributed by atoms with Crippen LogP contribution in [0.25, 0.3) is 10.8 Å². The van der Waals surface area contributed by atoms with E-state index in [0.717, 1.165) is 22.1 Å². The van der Waals surface area contributed by atoms with Gasteiger partial charge in [-0.1, -0.05) is 42.5 Å². The topological polar surface area (TPSA) is 70.7 Å². The summed E-state index contributed by atoms with van der Waals surface area (Å²) in [4.78, 5) is 26.4. The molecule has 0 saturated heterocycles. The maximum atomic E-state index is 12.5. The second-order valence-corrected chi connectivity index (χ2v) is 7.31. The first-order chi connectivity index (χ1) is 14.5. The molecule has 6 heteroatoms. The van der Waals surface area contributed by atoms with Crippen molar-refractivity contribution >= 4 is 28.3 Å². The van der Waals surface area contributed by atoms with Crippen LogP contribution in [0.1, 0.15) is 18.5 Å². The summed E-state index contributed by atoms with van der Waals surface area (Å²) < 4.78 is 5.10. The molecule has 0 spiro atoms.